The molecule has 0 radical (unpaired) electrons. The Labute approximate surface area is 412 Å². The molecule has 71 heavy (non-hydrogen) atoms. The molecule has 0 amide bonds. The number of nitrogens with zero attached hydrogens (tertiary/aromatic N) is 4. The zero-order chi connectivity index (χ0) is 46.6. The third kappa shape index (κ3) is 5.93. The van der Waals surface area contributed by atoms with Crippen LogP contribution in [0.25, 0.3) is 77.2 Å². The van der Waals surface area contributed by atoms with E-state index in [9.17, 15) is 0 Å². The molecule has 4 heterocycles. The average molecular weight is 903 g/mol. The van der Waals surface area contributed by atoms with Crippen molar-refractivity contribution in [3.05, 3.63) is 261 Å². The van der Waals surface area contributed by atoms with Gasteiger partial charge in [0.2, 0.25) is 0 Å². The maximum absolute atomic E-state index is 2.58. The standard InChI is InChI=1S/C66H43BN4/c1-4-19-44(20-5-1)46-23-16-27-49(41-46)70-61-35-18-36-62-65(61)67(55-38-37-51(43-63(55)70)69-57-32-13-10-29-52(57)53-30-11-14-33-58(53)69)56-39-40-60-64(54-31-12-15-34-59(54)68(60)48-25-8-3-9-26-48)66(56)71(62)50-28-17-24-47(42-50)45-21-6-2-7-22-45/h1-43H. The Kier molecular flexibility index (Phi) is 8.72. The van der Waals surface area contributed by atoms with Crippen LogP contribution in [-0.4, -0.2) is 15.8 Å². The van der Waals surface area contributed by atoms with Gasteiger partial charge in [-0.3, -0.25) is 0 Å². The summed E-state index contributed by atoms with van der Waals surface area (Å²) in [6.07, 6.45) is 0. The fourth-order valence-electron chi connectivity index (χ4n) is 12.1. The third-order valence-electron chi connectivity index (χ3n) is 15.0. The number of para-hydroxylation sites is 4. The minimum Gasteiger partial charge on any atom is -0.311 e. The highest BCUT2D eigenvalue weighted by atomic mass is 15.2. The lowest BCUT2D eigenvalue weighted by Crippen LogP contribution is -2.61. The van der Waals surface area contributed by atoms with E-state index in [1.807, 2.05) is 0 Å². The number of fused-ring (bicyclic) bond motifs is 11. The molecule has 0 bridgehead atoms. The van der Waals surface area contributed by atoms with Crippen LogP contribution in [0.2, 0.25) is 0 Å². The average Bonchev–Trinajstić information content (AvgIpc) is 3.97. The van der Waals surface area contributed by atoms with E-state index in [-0.39, 0.29) is 6.71 Å². The van der Waals surface area contributed by atoms with Gasteiger partial charge in [-0.2, -0.15) is 0 Å². The maximum atomic E-state index is 2.58. The Hall–Kier alpha value is -9.32. The minimum atomic E-state index is -0.0799. The lowest BCUT2D eigenvalue weighted by molar-refractivity contribution is 1.17. The van der Waals surface area contributed by atoms with Crippen molar-refractivity contribution in [1.29, 1.82) is 0 Å². The van der Waals surface area contributed by atoms with Gasteiger partial charge in [0, 0.05) is 61.4 Å². The molecular weight excluding hydrogens is 860 g/mol. The fraction of sp³-hybridized carbons (Fsp3) is 0. The second-order valence-corrected chi connectivity index (χ2v) is 18.8. The molecule has 5 heteroatoms. The quantitative estimate of drug-likeness (QED) is 0.155. The predicted molar refractivity (Wildman–Crippen MR) is 300 cm³/mol. The van der Waals surface area contributed by atoms with E-state index in [2.05, 4.69) is 280 Å². The summed E-state index contributed by atoms with van der Waals surface area (Å²) < 4.78 is 4.90. The van der Waals surface area contributed by atoms with Gasteiger partial charge in [0.1, 0.15) is 0 Å². The number of rotatable bonds is 6. The van der Waals surface area contributed by atoms with Crippen LogP contribution in [-0.2, 0) is 0 Å². The number of benzene rings is 11. The van der Waals surface area contributed by atoms with Crippen molar-refractivity contribution in [1.82, 2.24) is 9.13 Å². The molecule has 0 unspecified atom stereocenters. The van der Waals surface area contributed by atoms with E-state index in [1.54, 1.807) is 0 Å². The minimum absolute atomic E-state index is 0.0799. The zero-order valence-corrected chi connectivity index (χ0v) is 38.7. The van der Waals surface area contributed by atoms with Crippen LogP contribution in [0.3, 0.4) is 0 Å². The third-order valence-corrected chi connectivity index (χ3v) is 15.0. The van der Waals surface area contributed by atoms with Crippen LogP contribution >= 0.6 is 0 Å². The second kappa shape index (κ2) is 15.6. The molecule has 0 saturated heterocycles. The van der Waals surface area contributed by atoms with Crippen molar-refractivity contribution in [3.8, 4) is 33.6 Å². The zero-order valence-electron chi connectivity index (χ0n) is 38.7. The molecule has 0 saturated carbocycles. The van der Waals surface area contributed by atoms with Gasteiger partial charge in [0.25, 0.3) is 6.71 Å². The maximum Gasteiger partial charge on any atom is 0.252 e. The van der Waals surface area contributed by atoms with E-state index >= 15 is 0 Å². The van der Waals surface area contributed by atoms with E-state index < -0.39 is 0 Å². The van der Waals surface area contributed by atoms with Gasteiger partial charge in [-0.05, 0) is 124 Å². The number of anilines is 6. The molecule has 15 rings (SSSR count). The van der Waals surface area contributed by atoms with Gasteiger partial charge < -0.3 is 18.9 Å². The molecule has 0 aliphatic carbocycles. The topological polar surface area (TPSA) is 16.3 Å². The highest BCUT2D eigenvalue weighted by Gasteiger charge is 2.44. The molecule has 0 atom stereocenters. The van der Waals surface area contributed by atoms with Gasteiger partial charge in [-0.25, -0.2) is 0 Å². The highest BCUT2D eigenvalue weighted by Crippen LogP contribution is 2.49. The molecule has 11 aromatic carbocycles. The predicted octanol–water partition coefficient (Wildman–Crippen LogP) is 15.3. The second-order valence-electron chi connectivity index (χ2n) is 18.8. The Morgan fingerprint density at radius 3 is 1.37 bits per heavy atom. The van der Waals surface area contributed by atoms with Crippen LogP contribution in [0.1, 0.15) is 0 Å². The van der Waals surface area contributed by atoms with Crippen molar-refractivity contribution in [2.75, 3.05) is 9.80 Å². The van der Waals surface area contributed by atoms with E-state index in [0.29, 0.717) is 0 Å². The smallest absolute Gasteiger partial charge is 0.252 e. The molecule has 0 spiro atoms. The molecular formula is C66H43BN4. The first kappa shape index (κ1) is 39.7. The van der Waals surface area contributed by atoms with Crippen molar-refractivity contribution in [3.63, 3.8) is 0 Å². The first-order valence-electron chi connectivity index (χ1n) is 24.5. The van der Waals surface area contributed by atoms with Crippen molar-refractivity contribution < 1.29 is 0 Å². The Balaban J connectivity index is 1.05. The Morgan fingerprint density at radius 1 is 0.268 bits per heavy atom. The molecule has 4 nitrogen and oxygen atoms in total. The summed E-state index contributed by atoms with van der Waals surface area (Å²) in [5, 5.41) is 4.97. The largest absolute Gasteiger partial charge is 0.311 e. The first-order chi connectivity index (χ1) is 35.3. The number of hydrogen-bond acceptors (Lipinski definition) is 2. The van der Waals surface area contributed by atoms with E-state index in [4.69, 9.17) is 0 Å². The summed E-state index contributed by atoms with van der Waals surface area (Å²) in [5.74, 6) is 0. The number of hydrogen-bond donors (Lipinski definition) is 0. The van der Waals surface area contributed by atoms with E-state index in [0.717, 1.165) is 22.7 Å². The Morgan fingerprint density at radius 2 is 0.732 bits per heavy atom. The monoisotopic (exact) mass is 902 g/mol. The van der Waals surface area contributed by atoms with Gasteiger partial charge in [-0.15, -0.1) is 0 Å². The van der Waals surface area contributed by atoms with Crippen LogP contribution in [0.15, 0.2) is 261 Å². The molecule has 2 aliphatic heterocycles. The number of aromatic nitrogens is 2. The highest BCUT2D eigenvalue weighted by molar-refractivity contribution is 7.00. The summed E-state index contributed by atoms with van der Waals surface area (Å²) in [4.78, 5) is 5.12. The van der Waals surface area contributed by atoms with Crippen molar-refractivity contribution in [2.45, 2.75) is 0 Å². The Bertz CT molecular complexity index is 4200. The SMILES string of the molecule is c1ccc(-c2cccc(N3c4cc(-n5c6ccccc6c6ccccc65)ccc4B4c5ccc6c(c5N(c5cccc(-c7ccccc7)c5)c5cccc3c54)c3ccccc3n6-c3ccccc3)c2)cc1. The summed E-state index contributed by atoms with van der Waals surface area (Å²) in [7, 11) is 0. The molecule has 0 N–H and O–H groups in total. The van der Waals surface area contributed by atoms with Crippen LogP contribution in [0, 0.1) is 0 Å². The molecule has 13 aromatic rings. The van der Waals surface area contributed by atoms with Crippen LogP contribution < -0.4 is 26.2 Å². The lowest BCUT2D eigenvalue weighted by atomic mass is 9.33. The van der Waals surface area contributed by atoms with Crippen LogP contribution in [0.4, 0.5) is 34.1 Å². The van der Waals surface area contributed by atoms with Crippen molar-refractivity contribution >= 4 is 101 Å². The van der Waals surface area contributed by atoms with Crippen molar-refractivity contribution in [2.24, 2.45) is 0 Å². The summed E-state index contributed by atoms with van der Waals surface area (Å²) in [5.41, 5.74) is 22.6. The normalized spacial score (nSPS) is 12.7. The van der Waals surface area contributed by atoms with Gasteiger partial charge in [-0.1, -0.05) is 176 Å². The van der Waals surface area contributed by atoms with Gasteiger partial charge in [0.15, 0.2) is 0 Å². The first-order valence-corrected chi connectivity index (χ1v) is 24.5. The summed E-state index contributed by atoms with van der Waals surface area (Å²) >= 11 is 0. The summed E-state index contributed by atoms with van der Waals surface area (Å²) in [6.45, 7) is -0.0799. The van der Waals surface area contributed by atoms with Gasteiger partial charge >= 0.3 is 0 Å². The molecule has 330 valence electrons. The molecule has 2 aliphatic rings. The van der Waals surface area contributed by atoms with Gasteiger partial charge in [0.05, 0.1) is 27.8 Å². The van der Waals surface area contributed by atoms with Crippen LogP contribution in [0.5, 0.6) is 0 Å². The lowest BCUT2D eigenvalue weighted by Gasteiger charge is -2.44. The molecule has 2 aromatic heterocycles. The molecule has 0 fully saturated rings. The summed E-state index contributed by atoms with van der Waals surface area (Å²) in [6, 6.07) is 96.2. The fourth-order valence-corrected chi connectivity index (χ4v) is 12.1. The van der Waals surface area contributed by atoms with E-state index in [1.165, 1.54) is 105 Å².